The topological polar surface area (TPSA) is 134 Å². The highest BCUT2D eigenvalue weighted by molar-refractivity contribution is 6.39. The van der Waals surface area contributed by atoms with Crippen LogP contribution in [0.3, 0.4) is 0 Å². The number of rotatable bonds is 3. The third kappa shape index (κ3) is 3.86. The lowest BCUT2D eigenvalue weighted by atomic mass is 9.89. The summed E-state index contributed by atoms with van der Waals surface area (Å²) in [6, 6.07) is 7.08. The normalized spacial score (nSPS) is 18.9. The number of benzene rings is 1. The van der Waals surface area contributed by atoms with Gasteiger partial charge in [0.25, 0.3) is 0 Å². The summed E-state index contributed by atoms with van der Waals surface area (Å²) < 4.78 is 0. The van der Waals surface area contributed by atoms with Crippen LogP contribution >= 0.6 is 0 Å². The molecule has 4 N–H and O–H groups in total. The van der Waals surface area contributed by atoms with E-state index in [9.17, 15) is 14.4 Å². The van der Waals surface area contributed by atoms with Gasteiger partial charge in [-0.3, -0.25) is 24.5 Å². The maximum absolute atomic E-state index is 13.0. The number of hydrogen-bond acceptors (Lipinski definition) is 5. The molecule has 9 nitrogen and oxygen atoms in total. The number of anilines is 1. The van der Waals surface area contributed by atoms with Gasteiger partial charge in [0.1, 0.15) is 0 Å². The van der Waals surface area contributed by atoms with Crippen LogP contribution in [0.5, 0.6) is 0 Å². The van der Waals surface area contributed by atoms with Gasteiger partial charge < -0.3 is 16.0 Å². The first-order valence-electron chi connectivity index (χ1n) is 9.72. The fraction of sp³-hybridized carbons (Fsp3) is 0.286. The van der Waals surface area contributed by atoms with Crippen LogP contribution in [0.15, 0.2) is 42.9 Å². The highest BCUT2D eigenvalue weighted by Crippen LogP contribution is 2.34. The van der Waals surface area contributed by atoms with Crippen LogP contribution < -0.4 is 11.1 Å². The molecule has 30 heavy (non-hydrogen) atoms. The number of nitrogens with one attached hydrogen (secondary N) is 2. The molecule has 2 unspecified atom stereocenters. The molecule has 0 aliphatic carbocycles. The molecule has 2 atom stereocenters. The van der Waals surface area contributed by atoms with Gasteiger partial charge in [-0.05, 0) is 42.5 Å². The van der Waals surface area contributed by atoms with Gasteiger partial charge >= 0.3 is 11.8 Å². The maximum Gasteiger partial charge on any atom is 0.313 e. The zero-order valence-corrected chi connectivity index (χ0v) is 16.5. The Morgan fingerprint density at radius 2 is 2.00 bits per heavy atom. The smallest absolute Gasteiger partial charge is 0.313 e. The number of aromatic amines is 1. The number of amides is 3. The number of piperidine rings is 1. The van der Waals surface area contributed by atoms with Crippen LogP contribution in [0.2, 0.25) is 0 Å². The molecule has 0 bridgehead atoms. The highest BCUT2D eigenvalue weighted by Gasteiger charge is 2.34. The first kappa shape index (κ1) is 19.6. The molecule has 1 fully saturated rings. The number of nitrogens with zero attached hydrogens (tertiary/aromatic N) is 3. The van der Waals surface area contributed by atoms with Gasteiger partial charge in [-0.1, -0.05) is 13.0 Å². The third-order valence-corrected chi connectivity index (χ3v) is 5.40. The lowest BCUT2D eigenvalue weighted by Gasteiger charge is -2.38. The van der Waals surface area contributed by atoms with Crippen molar-refractivity contribution in [2.75, 3.05) is 11.9 Å². The highest BCUT2D eigenvalue weighted by atomic mass is 16.2. The summed E-state index contributed by atoms with van der Waals surface area (Å²) in [6.07, 6.45) is 6.13. The van der Waals surface area contributed by atoms with Crippen molar-refractivity contribution in [1.29, 1.82) is 0 Å². The average molecular weight is 406 g/mol. The predicted molar refractivity (Wildman–Crippen MR) is 110 cm³/mol. The summed E-state index contributed by atoms with van der Waals surface area (Å²) in [5.74, 6) is -1.77. The average Bonchev–Trinajstić information content (AvgIpc) is 3.21. The second-order valence-electron chi connectivity index (χ2n) is 7.65. The van der Waals surface area contributed by atoms with Gasteiger partial charge in [0.05, 0.1) is 35.2 Å². The number of pyridine rings is 1. The van der Waals surface area contributed by atoms with E-state index in [-0.39, 0.29) is 23.2 Å². The minimum Gasteiger partial charge on any atom is -0.366 e. The van der Waals surface area contributed by atoms with Crippen molar-refractivity contribution in [2.24, 2.45) is 11.7 Å². The molecule has 3 aromatic rings. The minimum absolute atomic E-state index is 0.151. The Morgan fingerprint density at radius 1 is 1.17 bits per heavy atom. The van der Waals surface area contributed by atoms with Crippen LogP contribution in [-0.2, 0) is 9.59 Å². The van der Waals surface area contributed by atoms with Crippen LogP contribution in [0.25, 0.3) is 10.9 Å². The molecule has 1 aliphatic rings. The SMILES string of the molecule is CC1CCC(c2ccc3[nH]ncc3c2)N(C(=O)C(=O)Nc2cncc(C(N)=O)c2)C1. The fourth-order valence-corrected chi connectivity index (χ4v) is 3.85. The summed E-state index contributed by atoms with van der Waals surface area (Å²) in [7, 11) is 0. The van der Waals surface area contributed by atoms with Gasteiger partial charge in [0, 0.05) is 18.1 Å². The number of hydrogen-bond donors (Lipinski definition) is 3. The second-order valence-corrected chi connectivity index (χ2v) is 7.65. The summed E-state index contributed by atoms with van der Waals surface area (Å²) in [6.45, 7) is 2.55. The van der Waals surface area contributed by atoms with E-state index in [1.807, 2.05) is 18.2 Å². The van der Waals surface area contributed by atoms with Crippen molar-refractivity contribution in [3.63, 3.8) is 0 Å². The van der Waals surface area contributed by atoms with E-state index in [0.29, 0.717) is 6.54 Å². The molecule has 1 aromatic carbocycles. The fourth-order valence-electron chi connectivity index (χ4n) is 3.85. The Kier molecular flexibility index (Phi) is 5.18. The summed E-state index contributed by atoms with van der Waals surface area (Å²) in [4.78, 5) is 42.6. The molecular weight excluding hydrogens is 384 g/mol. The van der Waals surface area contributed by atoms with Crippen LogP contribution in [0.1, 0.15) is 41.7 Å². The van der Waals surface area contributed by atoms with Crippen LogP contribution in [0.4, 0.5) is 5.69 Å². The number of carbonyl (C=O) groups excluding carboxylic acids is 3. The molecule has 3 amide bonds. The summed E-state index contributed by atoms with van der Waals surface area (Å²) in [5, 5.41) is 10.4. The molecule has 9 heteroatoms. The Hall–Kier alpha value is -3.75. The van der Waals surface area contributed by atoms with Crippen molar-refractivity contribution in [3.8, 4) is 0 Å². The quantitative estimate of drug-likeness (QED) is 0.572. The molecule has 1 saturated heterocycles. The Morgan fingerprint density at radius 3 is 2.80 bits per heavy atom. The van der Waals surface area contributed by atoms with Gasteiger partial charge in [0.2, 0.25) is 5.91 Å². The zero-order chi connectivity index (χ0) is 21.3. The van der Waals surface area contributed by atoms with Gasteiger partial charge in [-0.2, -0.15) is 5.10 Å². The molecule has 0 saturated carbocycles. The first-order chi connectivity index (χ1) is 14.4. The maximum atomic E-state index is 13.0. The second kappa shape index (κ2) is 7.94. The van der Waals surface area contributed by atoms with Crippen molar-refractivity contribution in [3.05, 3.63) is 54.0 Å². The van der Waals surface area contributed by atoms with E-state index in [0.717, 1.165) is 29.3 Å². The van der Waals surface area contributed by atoms with Gasteiger partial charge in [-0.25, -0.2) is 0 Å². The van der Waals surface area contributed by atoms with E-state index in [1.165, 1.54) is 18.5 Å². The molecule has 154 valence electrons. The Bertz CT molecular complexity index is 1120. The number of nitrogens with two attached hydrogens (primary N) is 1. The van der Waals surface area contributed by atoms with Crippen LogP contribution in [-0.4, -0.2) is 44.3 Å². The van der Waals surface area contributed by atoms with E-state index in [4.69, 9.17) is 5.73 Å². The van der Waals surface area contributed by atoms with Crippen molar-refractivity contribution >= 4 is 34.3 Å². The van der Waals surface area contributed by atoms with Gasteiger partial charge in [0.15, 0.2) is 0 Å². The number of primary amides is 1. The zero-order valence-electron chi connectivity index (χ0n) is 16.5. The minimum atomic E-state index is -0.776. The Labute approximate surface area is 172 Å². The van der Waals surface area contributed by atoms with Crippen molar-refractivity contribution in [2.45, 2.75) is 25.8 Å². The number of aromatic nitrogens is 3. The molecule has 0 radical (unpaired) electrons. The number of likely N-dealkylation sites (tertiary alicyclic amines) is 1. The molecule has 1 aliphatic heterocycles. The van der Waals surface area contributed by atoms with Crippen molar-refractivity contribution < 1.29 is 14.4 Å². The van der Waals surface area contributed by atoms with Crippen molar-refractivity contribution in [1.82, 2.24) is 20.1 Å². The molecule has 3 heterocycles. The first-order valence-corrected chi connectivity index (χ1v) is 9.72. The monoisotopic (exact) mass is 406 g/mol. The molecule has 0 spiro atoms. The number of fused-ring (bicyclic) bond motifs is 1. The Balaban J connectivity index is 1.56. The standard InChI is InChI=1S/C21H22N6O3/c1-12-2-5-18(13-3-4-17-14(6-13)9-24-26-17)27(11-12)21(30)20(29)25-16-7-15(19(22)28)8-23-10-16/h3-4,6-10,12,18H,2,5,11H2,1H3,(H2,22,28)(H,24,26)(H,25,29). The van der Waals surface area contributed by atoms with E-state index >= 15 is 0 Å². The largest absolute Gasteiger partial charge is 0.366 e. The number of H-pyrrole nitrogens is 1. The molecular formula is C21H22N6O3. The summed E-state index contributed by atoms with van der Waals surface area (Å²) >= 11 is 0. The summed E-state index contributed by atoms with van der Waals surface area (Å²) in [5.41, 5.74) is 7.52. The number of carbonyl (C=O) groups is 3. The third-order valence-electron chi connectivity index (χ3n) is 5.40. The lowest BCUT2D eigenvalue weighted by molar-refractivity contribution is -0.146. The lowest BCUT2D eigenvalue weighted by Crippen LogP contribution is -2.46. The predicted octanol–water partition coefficient (Wildman–Crippen LogP) is 2.00. The van der Waals surface area contributed by atoms with E-state index in [1.54, 1.807) is 11.1 Å². The molecule has 4 rings (SSSR count). The molecule has 2 aromatic heterocycles. The van der Waals surface area contributed by atoms with E-state index in [2.05, 4.69) is 27.4 Å². The van der Waals surface area contributed by atoms with Crippen LogP contribution in [0, 0.1) is 5.92 Å². The van der Waals surface area contributed by atoms with E-state index < -0.39 is 17.7 Å². The van der Waals surface area contributed by atoms with Gasteiger partial charge in [-0.15, -0.1) is 0 Å².